The highest BCUT2D eigenvalue weighted by atomic mass is 19.4. The van der Waals surface area contributed by atoms with Gasteiger partial charge in [0.05, 0.1) is 0 Å². The van der Waals surface area contributed by atoms with Crippen LogP contribution in [0.4, 0.5) is 18.9 Å². The van der Waals surface area contributed by atoms with E-state index in [1.165, 1.54) is 6.20 Å². The van der Waals surface area contributed by atoms with Crippen molar-refractivity contribution in [1.82, 2.24) is 14.5 Å². The summed E-state index contributed by atoms with van der Waals surface area (Å²) in [5.74, 6) is -1.76. The van der Waals surface area contributed by atoms with Crippen molar-refractivity contribution in [2.24, 2.45) is 4.99 Å². The van der Waals surface area contributed by atoms with E-state index >= 15 is 0 Å². The number of alkyl halides is 3. The third-order valence-corrected chi connectivity index (χ3v) is 5.14. The van der Waals surface area contributed by atoms with Crippen molar-refractivity contribution in [2.75, 3.05) is 0 Å². The van der Waals surface area contributed by atoms with Crippen molar-refractivity contribution in [2.45, 2.75) is 19.7 Å². The summed E-state index contributed by atoms with van der Waals surface area (Å²) in [6, 6.07) is 12.3. The van der Waals surface area contributed by atoms with Gasteiger partial charge in [0, 0.05) is 23.5 Å². The maximum Gasteiger partial charge on any atom is 0.433 e. The van der Waals surface area contributed by atoms with Gasteiger partial charge in [-0.25, -0.2) is 4.79 Å². The fourth-order valence-corrected chi connectivity index (χ4v) is 3.41. The second-order valence-corrected chi connectivity index (χ2v) is 7.62. The molecule has 37 heavy (non-hydrogen) atoms. The molecular formula is C26H19F3N4O4. The summed E-state index contributed by atoms with van der Waals surface area (Å²) in [6.45, 7) is 5.13. The van der Waals surface area contributed by atoms with Crippen molar-refractivity contribution < 1.29 is 27.1 Å². The molecule has 0 N–H and O–H groups in total. The number of aromatic nitrogens is 3. The minimum atomic E-state index is -4.65. The smallest absolute Gasteiger partial charge is 0.433 e. The van der Waals surface area contributed by atoms with E-state index in [2.05, 4.69) is 21.7 Å². The molecule has 0 saturated heterocycles. The van der Waals surface area contributed by atoms with E-state index < -0.39 is 29.3 Å². The SMILES string of the molecule is C=Nc1c(/C=C\C)ccn(-c2nc(C(=O)OCc3ccccc3)oc2-c2ccc(C(F)(F)F)nc2)c1=O. The van der Waals surface area contributed by atoms with E-state index in [0.717, 1.165) is 22.9 Å². The molecule has 0 radical (unpaired) electrons. The third-order valence-electron chi connectivity index (χ3n) is 5.14. The molecule has 0 fully saturated rings. The summed E-state index contributed by atoms with van der Waals surface area (Å²) in [6.07, 6.45) is 1.01. The molecule has 188 valence electrons. The van der Waals surface area contributed by atoms with Crippen LogP contribution in [-0.2, 0) is 17.5 Å². The number of allylic oxidation sites excluding steroid dienone is 1. The predicted molar refractivity (Wildman–Crippen MR) is 130 cm³/mol. The van der Waals surface area contributed by atoms with E-state index in [0.29, 0.717) is 11.1 Å². The molecule has 11 heteroatoms. The minimum Gasteiger partial charge on any atom is -0.454 e. The molecule has 4 aromatic rings. The molecule has 0 unspecified atom stereocenters. The van der Waals surface area contributed by atoms with Crippen molar-refractivity contribution >= 4 is 24.5 Å². The number of hydrogen-bond acceptors (Lipinski definition) is 7. The number of aliphatic imine (C=N–C) groups is 1. The lowest BCUT2D eigenvalue weighted by Crippen LogP contribution is -2.19. The van der Waals surface area contributed by atoms with Crippen LogP contribution in [0, 0.1) is 0 Å². The van der Waals surface area contributed by atoms with Crippen LogP contribution in [0.1, 0.15) is 34.4 Å². The molecule has 0 aliphatic carbocycles. The van der Waals surface area contributed by atoms with Crippen LogP contribution >= 0.6 is 0 Å². The van der Waals surface area contributed by atoms with E-state index in [9.17, 15) is 22.8 Å². The number of hydrogen-bond donors (Lipinski definition) is 0. The predicted octanol–water partition coefficient (Wildman–Crippen LogP) is 5.63. The van der Waals surface area contributed by atoms with E-state index in [4.69, 9.17) is 9.15 Å². The van der Waals surface area contributed by atoms with Gasteiger partial charge in [-0.05, 0) is 37.4 Å². The Kier molecular flexibility index (Phi) is 7.14. The number of benzene rings is 1. The highest BCUT2D eigenvalue weighted by Crippen LogP contribution is 2.32. The van der Waals surface area contributed by atoms with Crippen LogP contribution in [0.25, 0.3) is 23.2 Å². The van der Waals surface area contributed by atoms with Crippen molar-refractivity contribution in [3.8, 4) is 17.1 Å². The van der Waals surface area contributed by atoms with Crippen LogP contribution in [0.2, 0.25) is 0 Å². The van der Waals surface area contributed by atoms with Crippen LogP contribution in [-0.4, -0.2) is 27.2 Å². The molecule has 3 aromatic heterocycles. The van der Waals surface area contributed by atoms with Gasteiger partial charge in [0.15, 0.2) is 11.6 Å². The number of oxazole rings is 1. The van der Waals surface area contributed by atoms with Gasteiger partial charge in [0.1, 0.15) is 18.0 Å². The lowest BCUT2D eigenvalue weighted by atomic mass is 10.2. The summed E-state index contributed by atoms with van der Waals surface area (Å²) in [7, 11) is 0. The normalized spacial score (nSPS) is 11.6. The Morgan fingerprint density at radius 2 is 1.95 bits per heavy atom. The summed E-state index contributed by atoms with van der Waals surface area (Å²) in [5, 5.41) is 0. The van der Waals surface area contributed by atoms with Gasteiger partial charge in [-0.15, -0.1) is 0 Å². The molecular weight excluding hydrogens is 489 g/mol. The third kappa shape index (κ3) is 5.40. The zero-order valence-electron chi connectivity index (χ0n) is 19.4. The number of halogens is 3. The average molecular weight is 508 g/mol. The van der Waals surface area contributed by atoms with Gasteiger partial charge in [0.25, 0.3) is 5.56 Å². The maximum absolute atomic E-state index is 13.2. The lowest BCUT2D eigenvalue weighted by Gasteiger charge is -2.08. The summed E-state index contributed by atoms with van der Waals surface area (Å²) >= 11 is 0. The molecule has 1 aromatic carbocycles. The van der Waals surface area contributed by atoms with Crippen LogP contribution in [0.15, 0.2) is 81.2 Å². The number of esters is 1. The van der Waals surface area contributed by atoms with Crippen molar-refractivity contribution in [1.29, 1.82) is 0 Å². The molecule has 0 spiro atoms. The average Bonchev–Trinajstić information content (AvgIpc) is 3.33. The van der Waals surface area contributed by atoms with Crippen LogP contribution < -0.4 is 5.56 Å². The van der Waals surface area contributed by atoms with E-state index in [-0.39, 0.29) is 29.4 Å². The Morgan fingerprint density at radius 1 is 1.19 bits per heavy atom. The Morgan fingerprint density at radius 3 is 2.57 bits per heavy atom. The van der Waals surface area contributed by atoms with Crippen LogP contribution in [0.5, 0.6) is 0 Å². The zero-order valence-corrected chi connectivity index (χ0v) is 19.4. The first-order valence-corrected chi connectivity index (χ1v) is 10.8. The summed E-state index contributed by atoms with van der Waals surface area (Å²) in [4.78, 5) is 37.3. The standard InChI is InChI=1S/C26H19F3N4O4/c1-3-7-17-12-13-33(24(34)20(17)30-2)22-21(18-10-11-19(31-14-18)26(27,28)29)37-23(32-22)25(35)36-15-16-8-5-4-6-9-16/h3-14H,2,15H2,1H3/b7-3-. The first-order chi connectivity index (χ1) is 17.7. The van der Waals surface area contributed by atoms with Gasteiger partial charge < -0.3 is 9.15 Å². The number of carbonyl (C=O) groups is 1. The summed E-state index contributed by atoms with van der Waals surface area (Å²) < 4.78 is 51.0. The number of rotatable bonds is 7. The Balaban J connectivity index is 1.80. The monoisotopic (exact) mass is 508 g/mol. The number of pyridine rings is 2. The Hall–Kier alpha value is -4.80. The fraction of sp³-hybridized carbons (Fsp3) is 0.115. The lowest BCUT2D eigenvalue weighted by molar-refractivity contribution is -0.141. The second kappa shape index (κ2) is 10.4. The Labute approximate surface area is 208 Å². The highest BCUT2D eigenvalue weighted by Gasteiger charge is 2.32. The van der Waals surface area contributed by atoms with Gasteiger partial charge in [-0.3, -0.25) is 19.3 Å². The minimum absolute atomic E-state index is 0.00768. The molecule has 0 saturated carbocycles. The summed E-state index contributed by atoms with van der Waals surface area (Å²) in [5.41, 5.74) is -0.492. The van der Waals surface area contributed by atoms with Gasteiger partial charge in [-0.2, -0.15) is 18.2 Å². The van der Waals surface area contributed by atoms with Gasteiger partial charge in [-0.1, -0.05) is 42.5 Å². The molecule has 0 aliphatic rings. The molecule has 3 heterocycles. The first-order valence-electron chi connectivity index (χ1n) is 10.8. The van der Waals surface area contributed by atoms with Crippen molar-refractivity contribution in [3.05, 3.63) is 100 Å². The quantitative estimate of drug-likeness (QED) is 0.237. The fourth-order valence-electron chi connectivity index (χ4n) is 3.41. The highest BCUT2D eigenvalue weighted by molar-refractivity contribution is 5.86. The molecule has 8 nitrogen and oxygen atoms in total. The van der Waals surface area contributed by atoms with Gasteiger partial charge in [0.2, 0.25) is 0 Å². The molecule has 0 amide bonds. The van der Waals surface area contributed by atoms with E-state index in [1.54, 1.807) is 49.4 Å². The number of ether oxygens (including phenoxy) is 1. The van der Waals surface area contributed by atoms with Crippen molar-refractivity contribution in [3.63, 3.8) is 0 Å². The molecule has 0 bridgehead atoms. The molecule has 0 aliphatic heterocycles. The molecule has 4 rings (SSSR count). The first kappa shape index (κ1) is 25.3. The molecule has 0 atom stereocenters. The maximum atomic E-state index is 13.2. The Bertz CT molecular complexity index is 1520. The largest absolute Gasteiger partial charge is 0.454 e. The number of nitrogens with zero attached hydrogens (tertiary/aromatic N) is 4. The zero-order chi connectivity index (χ0) is 26.6. The van der Waals surface area contributed by atoms with E-state index in [1.807, 2.05) is 6.07 Å². The second-order valence-electron chi connectivity index (χ2n) is 7.62. The topological polar surface area (TPSA) is 99.6 Å². The van der Waals surface area contributed by atoms with Gasteiger partial charge >= 0.3 is 18.0 Å². The van der Waals surface area contributed by atoms with Crippen LogP contribution in [0.3, 0.4) is 0 Å². The number of carbonyl (C=O) groups excluding carboxylic acids is 1.